The summed E-state index contributed by atoms with van der Waals surface area (Å²) in [6, 6.07) is 0. The van der Waals surface area contributed by atoms with Gasteiger partial charge in [0.05, 0.1) is 12.2 Å². The van der Waals surface area contributed by atoms with Crippen LogP contribution >= 0.6 is 0 Å². The molecular weight excluding hydrogens is 156 g/mol. The van der Waals surface area contributed by atoms with Crippen molar-refractivity contribution in [2.45, 2.75) is 44.7 Å². The molecule has 0 unspecified atom stereocenters. The first-order valence-electron chi connectivity index (χ1n) is 4.42. The molecule has 0 aromatic heterocycles. The van der Waals surface area contributed by atoms with Gasteiger partial charge in [-0.05, 0) is 26.7 Å². The minimum absolute atomic E-state index is 0.148. The number of carbonyl (C=O) groups excluding carboxylic acids is 1. The third-order valence-electron chi connectivity index (χ3n) is 2.55. The summed E-state index contributed by atoms with van der Waals surface area (Å²) in [7, 11) is 0. The minimum atomic E-state index is -0.441. The molecule has 0 bridgehead atoms. The number of rotatable bonds is 1. The summed E-state index contributed by atoms with van der Waals surface area (Å²) in [5.74, 6) is -0.292. The Morgan fingerprint density at radius 1 is 1.25 bits per heavy atom. The third kappa shape index (κ3) is 1.27. The first kappa shape index (κ1) is 8.20. The van der Waals surface area contributed by atoms with E-state index in [0.29, 0.717) is 0 Å². The lowest BCUT2D eigenvalue weighted by Crippen LogP contribution is -2.23. The summed E-state index contributed by atoms with van der Waals surface area (Å²) in [4.78, 5) is 10.5. The normalized spacial score (nSPS) is 44.3. The van der Waals surface area contributed by atoms with E-state index in [1.807, 2.05) is 13.8 Å². The zero-order valence-electron chi connectivity index (χ0n) is 7.45. The number of hydrogen-bond donors (Lipinski definition) is 0. The Hall–Kier alpha value is -0.410. The number of fused-ring (bicyclic) bond motifs is 1. The van der Waals surface area contributed by atoms with Crippen molar-refractivity contribution in [1.82, 2.24) is 0 Å². The molecule has 1 saturated carbocycles. The van der Waals surface area contributed by atoms with Gasteiger partial charge < -0.3 is 14.3 Å². The highest BCUT2D eigenvalue weighted by atomic mass is 16.8. The highest BCUT2D eigenvalue weighted by Gasteiger charge is 2.47. The van der Waals surface area contributed by atoms with Crippen molar-refractivity contribution >= 4 is 6.29 Å². The Labute approximate surface area is 72.0 Å². The fourth-order valence-electron chi connectivity index (χ4n) is 2.11. The molecule has 0 spiro atoms. The first-order valence-corrected chi connectivity index (χ1v) is 4.42. The maximum atomic E-state index is 10.5. The van der Waals surface area contributed by atoms with E-state index in [-0.39, 0.29) is 18.1 Å². The van der Waals surface area contributed by atoms with Gasteiger partial charge in [-0.2, -0.15) is 0 Å². The second kappa shape index (κ2) is 2.54. The maximum absolute atomic E-state index is 10.5. The van der Waals surface area contributed by atoms with Crippen LogP contribution in [-0.4, -0.2) is 24.3 Å². The molecule has 1 saturated heterocycles. The first-order chi connectivity index (χ1) is 5.61. The van der Waals surface area contributed by atoms with Gasteiger partial charge >= 0.3 is 0 Å². The van der Waals surface area contributed by atoms with Crippen molar-refractivity contribution in [3.8, 4) is 0 Å². The van der Waals surface area contributed by atoms with Gasteiger partial charge in [-0.1, -0.05) is 0 Å². The van der Waals surface area contributed by atoms with Crippen molar-refractivity contribution in [3.05, 3.63) is 0 Å². The van der Waals surface area contributed by atoms with E-state index in [2.05, 4.69) is 0 Å². The van der Waals surface area contributed by atoms with Crippen molar-refractivity contribution < 1.29 is 14.3 Å². The molecule has 12 heavy (non-hydrogen) atoms. The lowest BCUT2D eigenvalue weighted by atomic mass is 10.1. The molecule has 3 heteroatoms. The molecule has 2 fully saturated rings. The van der Waals surface area contributed by atoms with Gasteiger partial charge in [-0.3, -0.25) is 0 Å². The van der Waals surface area contributed by atoms with Crippen LogP contribution in [0.25, 0.3) is 0 Å². The topological polar surface area (TPSA) is 35.5 Å². The highest BCUT2D eigenvalue weighted by Crippen LogP contribution is 2.39. The van der Waals surface area contributed by atoms with Crippen LogP contribution in [0.4, 0.5) is 0 Å². The Morgan fingerprint density at radius 2 is 1.75 bits per heavy atom. The number of ether oxygens (including phenoxy) is 2. The maximum Gasteiger partial charge on any atom is 0.163 e. The fraction of sp³-hybridized carbons (Fsp3) is 0.889. The minimum Gasteiger partial charge on any atom is -0.345 e. The standard InChI is InChI=1S/C9H14O3/c1-9(2)11-7-3-6(5-10)4-8(7)12-9/h5-8H,3-4H2,1-2H3/t6-,7-,8+. The molecule has 3 nitrogen and oxygen atoms in total. The molecule has 0 aromatic carbocycles. The van der Waals surface area contributed by atoms with Gasteiger partial charge in [0.25, 0.3) is 0 Å². The van der Waals surface area contributed by atoms with Gasteiger partial charge in [0.2, 0.25) is 0 Å². The Balaban J connectivity index is 2.02. The van der Waals surface area contributed by atoms with Crippen LogP contribution in [0.3, 0.4) is 0 Å². The fourth-order valence-corrected chi connectivity index (χ4v) is 2.11. The van der Waals surface area contributed by atoms with Crippen LogP contribution in [0, 0.1) is 5.92 Å². The van der Waals surface area contributed by atoms with Gasteiger partial charge in [0, 0.05) is 5.92 Å². The van der Waals surface area contributed by atoms with Crippen LogP contribution in [0.15, 0.2) is 0 Å². The number of aldehydes is 1. The molecule has 0 N–H and O–H groups in total. The molecule has 1 aliphatic heterocycles. The monoisotopic (exact) mass is 170 g/mol. The predicted octanol–water partition coefficient (Wildman–Crippen LogP) is 1.12. The molecule has 68 valence electrons. The molecule has 3 atom stereocenters. The number of carbonyl (C=O) groups is 1. The second-order valence-corrected chi connectivity index (χ2v) is 4.08. The zero-order valence-corrected chi connectivity index (χ0v) is 7.45. The molecule has 2 aliphatic rings. The summed E-state index contributed by atoms with van der Waals surface area (Å²) in [6.45, 7) is 3.84. The van der Waals surface area contributed by atoms with Crippen molar-refractivity contribution in [2.24, 2.45) is 5.92 Å². The Bertz CT molecular complexity index is 184. The quantitative estimate of drug-likeness (QED) is 0.553. The van der Waals surface area contributed by atoms with E-state index in [0.717, 1.165) is 19.1 Å². The molecule has 0 radical (unpaired) electrons. The molecule has 2 rings (SSSR count). The summed E-state index contributed by atoms with van der Waals surface area (Å²) >= 11 is 0. The molecule has 0 aromatic rings. The lowest BCUT2D eigenvalue weighted by molar-refractivity contribution is -0.154. The Kier molecular flexibility index (Phi) is 1.73. The van der Waals surface area contributed by atoms with Crippen molar-refractivity contribution in [1.29, 1.82) is 0 Å². The molecular formula is C9H14O3. The SMILES string of the molecule is CC1(C)O[C@H]2C[C@H](C=O)C[C@H]2O1. The van der Waals surface area contributed by atoms with Crippen molar-refractivity contribution in [3.63, 3.8) is 0 Å². The summed E-state index contributed by atoms with van der Waals surface area (Å²) < 4.78 is 11.2. The summed E-state index contributed by atoms with van der Waals surface area (Å²) in [5.41, 5.74) is 0. The van der Waals surface area contributed by atoms with E-state index in [1.54, 1.807) is 0 Å². The van der Waals surface area contributed by atoms with Crippen LogP contribution in [0.2, 0.25) is 0 Å². The van der Waals surface area contributed by atoms with E-state index < -0.39 is 5.79 Å². The average Bonchev–Trinajstić information content (AvgIpc) is 2.40. The largest absolute Gasteiger partial charge is 0.345 e. The average molecular weight is 170 g/mol. The third-order valence-corrected chi connectivity index (χ3v) is 2.55. The number of hydrogen-bond acceptors (Lipinski definition) is 3. The van der Waals surface area contributed by atoms with Gasteiger partial charge in [0.15, 0.2) is 5.79 Å². The van der Waals surface area contributed by atoms with Gasteiger partial charge in [-0.15, -0.1) is 0 Å². The lowest BCUT2D eigenvalue weighted by Gasteiger charge is -2.18. The zero-order chi connectivity index (χ0) is 8.77. The van der Waals surface area contributed by atoms with E-state index >= 15 is 0 Å². The van der Waals surface area contributed by atoms with Crippen LogP contribution < -0.4 is 0 Å². The molecule has 0 amide bonds. The highest BCUT2D eigenvalue weighted by molar-refractivity contribution is 5.54. The van der Waals surface area contributed by atoms with Crippen LogP contribution in [0.1, 0.15) is 26.7 Å². The Morgan fingerprint density at radius 3 is 2.17 bits per heavy atom. The predicted molar refractivity (Wildman–Crippen MR) is 42.6 cm³/mol. The van der Waals surface area contributed by atoms with Gasteiger partial charge in [0.1, 0.15) is 6.29 Å². The summed E-state index contributed by atoms with van der Waals surface area (Å²) in [5, 5.41) is 0. The van der Waals surface area contributed by atoms with Crippen LogP contribution in [0.5, 0.6) is 0 Å². The smallest absolute Gasteiger partial charge is 0.163 e. The molecule has 1 aliphatic carbocycles. The van der Waals surface area contributed by atoms with E-state index in [9.17, 15) is 4.79 Å². The van der Waals surface area contributed by atoms with E-state index in [4.69, 9.17) is 9.47 Å². The van der Waals surface area contributed by atoms with Gasteiger partial charge in [-0.25, -0.2) is 0 Å². The summed E-state index contributed by atoms with van der Waals surface area (Å²) in [6.07, 6.45) is 2.97. The van der Waals surface area contributed by atoms with Crippen LogP contribution in [-0.2, 0) is 14.3 Å². The van der Waals surface area contributed by atoms with E-state index in [1.165, 1.54) is 0 Å². The molecule has 1 heterocycles. The van der Waals surface area contributed by atoms with Crippen molar-refractivity contribution in [2.75, 3.05) is 0 Å². The second-order valence-electron chi connectivity index (χ2n) is 4.08.